The number of benzene rings is 1. The number of urea groups is 1. The molecule has 3 rings (SSSR count). The molecule has 2 amide bonds. The Morgan fingerprint density at radius 1 is 1.36 bits per heavy atom. The third-order valence-electron chi connectivity index (χ3n) is 3.63. The van der Waals surface area contributed by atoms with E-state index >= 15 is 0 Å². The summed E-state index contributed by atoms with van der Waals surface area (Å²) in [6.07, 6.45) is 2.30. The number of H-pyrrole nitrogens is 1. The first kappa shape index (κ1) is 16.7. The van der Waals surface area contributed by atoms with Gasteiger partial charge in [0.2, 0.25) is 0 Å². The number of aryl methyl sites for hydroxylation is 2. The third-order valence-corrected chi connectivity index (χ3v) is 3.63. The Balaban J connectivity index is 1.59. The molecular weight excluding hydrogens is 318 g/mol. The minimum absolute atomic E-state index is 0.0386. The molecule has 2 aromatic heterocycles. The highest BCUT2D eigenvalue weighted by Gasteiger charge is 2.11. The molecule has 3 N–H and O–H groups in total. The summed E-state index contributed by atoms with van der Waals surface area (Å²) in [4.78, 5) is 16.4. The first-order valence-electron chi connectivity index (χ1n) is 8.04. The van der Waals surface area contributed by atoms with E-state index in [0.717, 1.165) is 17.0 Å². The molecule has 0 aliphatic heterocycles. The second-order valence-electron chi connectivity index (χ2n) is 6.07. The molecule has 130 valence electrons. The Bertz CT molecular complexity index is 867. The fraction of sp³-hybridized carbons (Fsp3) is 0.294. The quantitative estimate of drug-likeness (QED) is 0.664. The van der Waals surface area contributed by atoms with Crippen molar-refractivity contribution in [2.75, 3.05) is 5.32 Å². The highest BCUT2D eigenvalue weighted by molar-refractivity contribution is 5.90. The lowest BCUT2D eigenvalue weighted by Crippen LogP contribution is -2.37. The van der Waals surface area contributed by atoms with E-state index in [0.29, 0.717) is 17.9 Å². The van der Waals surface area contributed by atoms with Crippen LogP contribution >= 0.6 is 0 Å². The van der Waals surface area contributed by atoms with Gasteiger partial charge in [0.1, 0.15) is 6.33 Å². The highest BCUT2D eigenvalue weighted by atomic mass is 16.2. The molecule has 0 radical (unpaired) electrons. The maximum absolute atomic E-state index is 12.2. The number of nitrogens with one attached hydrogen (secondary N) is 3. The van der Waals surface area contributed by atoms with E-state index in [-0.39, 0.29) is 12.1 Å². The van der Waals surface area contributed by atoms with Crippen molar-refractivity contribution in [3.05, 3.63) is 48.0 Å². The number of nitrogens with zero attached hydrogens (tertiary/aromatic N) is 4. The summed E-state index contributed by atoms with van der Waals surface area (Å²) in [6, 6.07) is 9.11. The summed E-state index contributed by atoms with van der Waals surface area (Å²) >= 11 is 0. The zero-order valence-corrected chi connectivity index (χ0v) is 14.4. The van der Waals surface area contributed by atoms with Crippen LogP contribution in [0.2, 0.25) is 0 Å². The van der Waals surface area contributed by atoms with Crippen LogP contribution in [-0.2, 0) is 13.5 Å². The van der Waals surface area contributed by atoms with Gasteiger partial charge in [0.25, 0.3) is 0 Å². The Kier molecular flexibility index (Phi) is 4.78. The highest BCUT2D eigenvalue weighted by Crippen LogP contribution is 2.18. The number of carbonyl (C=O) groups is 1. The molecule has 8 heteroatoms. The second kappa shape index (κ2) is 7.16. The van der Waals surface area contributed by atoms with Gasteiger partial charge in [0, 0.05) is 36.5 Å². The lowest BCUT2D eigenvalue weighted by Gasteiger charge is -2.13. The molecule has 0 bridgehead atoms. The van der Waals surface area contributed by atoms with Gasteiger partial charge in [-0.05, 0) is 32.0 Å². The van der Waals surface area contributed by atoms with Crippen molar-refractivity contribution in [2.24, 2.45) is 7.05 Å². The Morgan fingerprint density at radius 3 is 2.88 bits per heavy atom. The lowest BCUT2D eigenvalue weighted by molar-refractivity contribution is 0.249. The Morgan fingerprint density at radius 2 is 2.20 bits per heavy atom. The Labute approximate surface area is 145 Å². The molecular formula is C17H21N7O. The fourth-order valence-electron chi connectivity index (χ4n) is 2.54. The van der Waals surface area contributed by atoms with Crippen molar-refractivity contribution in [3.8, 4) is 11.4 Å². The van der Waals surface area contributed by atoms with E-state index in [9.17, 15) is 4.79 Å². The molecule has 25 heavy (non-hydrogen) atoms. The van der Waals surface area contributed by atoms with Gasteiger partial charge in [0.05, 0.1) is 5.69 Å². The van der Waals surface area contributed by atoms with E-state index in [2.05, 4.69) is 30.9 Å². The number of hydrogen-bond donors (Lipinski definition) is 3. The second-order valence-corrected chi connectivity index (χ2v) is 6.07. The van der Waals surface area contributed by atoms with E-state index < -0.39 is 0 Å². The normalized spacial score (nSPS) is 12.0. The maximum Gasteiger partial charge on any atom is 0.319 e. The number of rotatable bonds is 5. The molecule has 1 atom stereocenters. The molecule has 1 aromatic carbocycles. The average Bonchev–Trinajstić information content (AvgIpc) is 3.16. The topological polar surface area (TPSA) is 101 Å². The molecule has 2 heterocycles. The van der Waals surface area contributed by atoms with Crippen LogP contribution in [0, 0.1) is 6.92 Å². The number of aromatic amines is 1. The van der Waals surface area contributed by atoms with Crippen LogP contribution in [0.15, 0.2) is 36.7 Å². The van der Waals surface area contributed by atoms with Gasteiger partial charge in [-0.25, -0.2) is 9.78 Å². The largest absolute Gasteiger partial charge is 0.335 e. The smallest absolute Gasteiger partial charge is 0.319 e. The summed E-state index contributed by atoms with van der Waals surface area (Å²) in [5.74, 6) is 0.619. The monoisotopic (exact) mass is 339 g/mol. The van der Waals surface area contributed by atoms with Crippen molar-refractivity contribution in [1.82, 2.24) is 30.3 Å². The molecule has 0 fully saturated rings. The molecule has 0 saturated heterocycles. The van der Waals surface area contributed by atoms with Gasteiger partial charge in [-0.1, -0.05) is 12.1 Å². The van der Waals surface area contributed by atoms with E-state index in [4.69, 9.17) is 0 Å². The fourth-order valence-corrected chi connectivity index (χ4v) is 2.54. The van der Waals surface area contributed by atoms with Gasteiger partial charge < -0.3 is 10.6 Å². The molecule has 0 aliphatic carbocycles. The molecule has 3 aromatic rings. The first-order chi connectivity index (χ1) is 12.0. The molecule has 8 nitrogen and oxygen atoms in total. The first-order valence-corrected chi connectivity index (χ1v) is 8.04. The zero-order valence-electron chi connectivity index (χ0n) is 14.4. The van der Waals surface area contributed by atoms with Crippen molar-refractivity contribution >= 4 is 11.7 Å². The van der Waals surface area contributed by atoms with Crippen LogP contribution in [0.1, 0.15) is 18.3 Å². The number of carbonyl (C=O) groups excluding carboxylic acids is 1. The summed E-state index contributed by atoms with van der Waals surface area (Å²) in [5.41, 5.74) is 3.46. The van der Waals surface area contributed by atoms with Gasteiger partial charge in [-0.15, -0.1) is 0 Å². The number of anilines is 1. The molecule has 0 aliphatic rings. The van der Waals surface area contributed by atoms with Crippen molar-refractivity contribution in [1.29, 1.82) is 0 Å². The van der Waals surface area contributed by atoms with E-state index in [1.54, 1.807) is 11.0 Å². The summed E-state index contributed by atoms with van der Waals surface area (Å²) in [5, 5.41) is 17.1. The lowest BCUT2D eigenvalue weighted by atomic mass is 10.2. The van der Waals surface area contributed by atoms with E-state index in [1.165, 1.54) is 0 Å². The number of hydrogen-bond acceptors (Lipinski definition) is 4. The minimum Gasteiger partial charge on any atom is -0.335 e. The summed E-state index contributed by atoms with van der Waals surface area (Å²) < 4.78 is 1.64. The van der Waals surface area contributed by atoms with Crippen LogP contribution in [-0.4, -0.2) is 37.0 Å². The van der Waals surface area contributed by atoms with Gasteiger partial charge in [0.15, 0.2) is 5.82 Å². The SMILES string of the molecule is Cc1cc(CC(C)NC(=O)Nc2cccc(-c3ncn(C)n3)c2)n[nH]1. The van der Waals surface area contributed by atoms with Crippen LogP contribution in [0.4, 0.5) is 10.5 Å². The zero-order chi connectivity index (χ0) is 17.8. The van der Waals surface area contributed by atoms with E-state index in [1.807, 2.05) is 51.2 Å². The van der Waals surface area contributed by atoms with Crippen molar-refractivity contribution < 1.29 is 4.79 Å². The molecule has 0 saturated carbocycles. The molecule has 0 spiro atoms. The van der Waals surface area contributed by atoms with Gasteiger partial charge in [-0.2, -0.15) is 10.2 Å². The van der Waals surface area contributed by atoms with Gasteiger partial charge in [-0.3, -0.25) is 9.78 Å². The average molecular weight is 339 g/mol. The number of amides is 2. The van der Waals surface area contributed by atoms with Crippen LogP contribution < -0.4 is 10.6 Å². The van der Waals surface area contributed by atoms with Crippen LogP contribution in [0.5, 0.6) is 0 Å². The molecule has 1 unspecified atom stereocenters. The van der Waals surface area contributed by atoms with Crippen LogP contribution in [0.25, 0.3) is 11.4 Å². The number of aromatic nitrogens is 5. The van der Waals surface area contributed by atoms with Crippen molar-refractivity contribution in [2.45, 2.75) is 26.3 Å². The summed E-state index contributed by atoms with van der Waals surface area (Å²) in [7, 11) is 1.81. The predicted octanol–water partition coefficient (Wildman–Crippen LogP) is 2.27. The Hall–Kier alpha value is -3.16. The third kappa shape index (κ3) is 4.43. The maximum atomic E-state index is 12.2. The predicted molar refractivity (Wildman–Crippen MR) is 95.1 cm³/mol. The van der Waals surface area contributed by atoms with Gasteiger partial charge >= 0.3 is 6.03 Å². The standard InChI is InChI=1S/C17H21N7O/c1-11(7-15-8-12(2)21-22-15)19-17(25)20-14-6-4-5-13(9-14)16-18-10-24(3)23-16/h4-6,8-11H,7H2,1-3H3,(H,21,22)(H2,19,20,25). The van der Waals surface area contributed by atoms with Crippen LogP contribution in [0.3, 0.4) is 0 Å². The summed E-state index contributed by atoms with van der Waals surface area (Å²) in [6.45, 7) is 3.89. The van der Waals surface area contributed by atoms with Crippen molar-refractivity contribution in [3.63, 3.8) is 0 Å². The minimum atomic E-state index is -0.258.